The number of halogens is 1. The Labute approximate surface area is 102 Å². The normalized spacial score (nSPS) is 10.2. The Hall–Kier alpha value is -1.33. The summed E-state index contributed by atoms with van der Waals surface area (Å²) in [6.07, 6.45) is 0. The average molecular weight is 257 g/mol. The van der Waals surface area contributed by atoms with Crippen molar-refractivity contribution in [2.45, 2.75) is 6.92 Å². The second-order valence-electron chi connectivity index (χ2n) is 3.12. The highest BCUT2D eigenvalue weighted by atomic mass is 35.5. The van der Waals surface area contributed by atoms with Gasteiger partial charge in [0.15, 0.2) is 11.5 Å². The molecule has 0 saturated heterocycles. The topological polar surface area (TPSA) is 44.2 Å². The zero-order valence-corrected chi connectivity index (χ0v) is 10.3. The van der Waals surface area contributed by atoms with Crippen molar-refractivity contribution in [1.29, 1.82) is 0 Å². The number of hydrogen-bond donors (Lipinski definition) is 0. The molecule has 0 aliphatic heterocycles. The lowest BCUT2D eigenvalue weighted by Crippen LogP contribution is -1.91. The van der Waals surface area contributed by atoms with Gasteiger partial charge < -0.3 is 9.47 Å². The molecule has 0 radical (unpaired) electrons. The van der Waals surface area contributed by atoms with Gasteiger partial charge in [-0.25, -0.2) is 0 Å². The van der Waals surface area contributed by atoms with Gasteiger partial charge in [-0.1, -0.05) is 17.7 Å². The van der Waals surface area contributed by atoms with Crippen LogP contribution in [0.4, 0.5) is 0 Å². The quantitative estimate of drug-likeness (QED) is 0.845. The fourth-order valence-electron chi connectivity index (χ4n) is 1.19. The summed E-state index contributed by atoms with van der Waals surface area (Å²) in [5.74, 6) is 1.51. The highest BCUT2D eigenvalue weighted by molar-refractivity contribution is 6.99. The van der Waals surface area contributed by atoms with Gasteiger partial charge in [-0.2, -0.15) is 4.37 Å². The maximum atomic E-state index is 5.79. The van der Waals surface area contributed by atoms with Crippen LogP contribution in [-0.4, -0.2) is 15.9 Å². The average Bonchev–Trinajstić information content (AvgIpc) is 2.67. The van der Waals surface area contributed by atoms with E-state index >= 15 is 0 Å². The van der Waals surface area contributed by atoms with Crippen LogP contribution in [-0.2, 0) is 0 Å². The van der Waals surface area contributed by atoms with Gasteiger partial charge in [0.2, 0.25) is 5.15 Å². The predicted molar refractivity (Wildman–Crippen MR) is 62.7 cm³/mol. The molecule has 84 valence electrons. The van der Waals surface area contributed by atoms with E-state index in [-0.39, 0.29) is 5.15 Å². The molecule has 0 bridgehead atoms. The number of ether oxygens (including phenoxy) is 2. The molecule has 16 heavy (non-hydrogen) atoms. The molecule has 4 nitrogen and oxygen atoms in total. The van der Waals surface area contributed by atoms with E-state index < -0.39 is 0 Å². The van der Waals surface area contributed by atoms with Crippen LogP contribution in [0.3, 0.4) is 0 Å². The van der Waals surface area contributed by atoms with Crippen molar-refractivity contribution in [2.24, 2.45) is 0 Å². The number of benzene rings is 1. The number of methoxy groups -OCH3 is 1. The summed E-state index contributed by atoms with van der Waals surface area (Å²) in [4.78, 5) is 0. The van der Waals surface area contributed by atoms with E-state index in [0.717, 1.165) is 17.3 Å². The smallest absolute Gasteiger partial charge is 0.271 e. The third kappa shape index (κ3) is 2.25. The zero-order chi connectivity index (χ0) is 11.5. The molecule has 2 aromatic rings. The molecule has 0 N–H and O–H groups in total. The lowest BCUT2D eigenvalue weighted by molar-refractivity contribution is 0.375. The summed E-state index contributed by atoms with van der Waals surface area (Å²) in [6, 6.07) is 5.61. The largest absolute Gasteiger partial charge is 0.493 e. The van der Waals surface area contributed by atoms with Gasteiger partial charge in [-0.3, -0.25) is 0 Å². The summed E-state index contributed by atoms with van der Waals surface area (Å²) in [6.45, 7) is 1.98. The Bertz CT molecular complexity index is 501. The number of rotatable bonds is 3. The van der Waals surface area contributed by atoms with Gasteiger partial charge in [-0.05, 0) is 24.6 Å². The van der Waals surface area contributed by atoms with Crippen molar-refractivity contribution in [2.75, 3.05) is 7.11 Å². The van der Waals surface area contributed by atoms with E-state index in [2.05, 4.69) is 8.75 Å². The Morgan fingerprint density at radius 3 is 2.69 bits per heavy atom. The van der Waals surface area contributed by atoms with Crippen LogP contribution in [0.5, 0.6) is 17.4 Å². The van der Waals surface area contributed by atoms with Gasteiger partial charge in [0, 0.05) is 0 Å². The van der Waals surface area contributed by atoms with E-state index in [9.17, 15) is 0 Å². The maximum absolute atomic E-state index is 5.79. The van der Waals surface area contributed by atoms with Gasteiger partial charge >= 0.3 is 0 Å². The minimum absolute atomic E-state index is 0.257. The second kappa shape index (κ2) is 4.67. The van der Waals surface area contributed by atoms with Gasteiger partial charge in [0.05, 0.1) is 18.8 Å². The molecule has 1 heterocycles. The van der Waals surface area contributed by atoms with Crippen molar-refractivity contribution in [3.05, 3.63) is 28.9 Å². The van der Waals surface area contributed by atoms with Crippen LogP contribution in [0.2, 0.25) is 5.15 Å². The molecule has 1 aromatic heterocycles. The van der Waals surface area contributed by atoms with Crippen molar-refractivity contribution in [3.63, 3.8) is 0 Å². The minimum Gasteiger partial charge on any atom is -0.493 e. The first kappa shape index (κ1) is 11.2. The van der Waals surface area contributed by atoms with E-state index in [1.54, 1.807) is 7.11 Å². The number of nitrogens with zero attached hydrogens (tertiary/aromatic N) is 2. The molecule has 0 spiro atoms. The van der Waals surface area contributed by atoms with Crippen LogP contribution >= 0.6 is 23.3 Å². The molecule has 0 unspecified atom stereocenters. The van der Waals surface area contributed by atoms with Crippen LogP contribution in [0.1, 0.15) is 5.56 Å². The molecule has 6 heteroatoms. The third-order valence-electron chi connectivity index (χ3n) is 1.95. The fraction of sp³-hybridized carbons (Fsp3) is 0.200. The van der Waals surface area contributed by atoms with E-state index in [0.29, 0.717) is 17.4 Å². The maximum Gasteiger partial charge on any atom is 0.271 e. The summed E-state index contributed by atoms with van der Waals surface area (Å²) in [5.41, 5.74) is 1.09. The number of hydrogen-bond acceptors (Lipinski definition) is 5. The Morgan fingerprint density at radius 2 is 2.06 bits per heavy atom. The number of aromatic nitrogens is 2. The second-order valence-corrected chi connectivity index (χ2v) is 4.00. The lowest BCUT2D eigenvalue weighted by Gasteiger charge is -2.08. The Morgan fingerprint density at radius 1 is 1.25 bits per heavy atom. The Balaban J connectivity index is 2.31. The van der Waals surface area contributed by atoms with Crippen molar-refractivity contribution < 1.29 is 9.47 Å². The monoisotopic (exact) mass is 256 g/mol. The van der Waals surface area contributed by atoms with Gasteiger partial charge in [0.1, 0.15) is 0 Å². The first-order valence-electron chi connectivity index (χ1n) is 4.51. The fourth-order valence-corrected chi connectivity index (χ4v) is 1.81. The standard InChI is InChI=1S/C10H9ClN2O2S/c1-6-3-4-7(8(5-6)14-2)15-10-9(11)12-16-13-10/h3-5H,1-2H3. The van der Waals surface area contributed by atoms with Crippen LogP contribution < -0.4 is 9.47 Å². The van der Waals surface area contributed by atoms with Gasteiger partial charge in [0.25, 0.3) is 5.88 Å². The Kier molecular flexibility index (Phi) is 3.26. The molecule has 0 aliphatic carbocycles. The van der Waals surface area contributed by atoms with Crippen LogP contribution in [0, 0.1) is 6.92 Å². The van der Waals surface area contributed by atoms with Crippen LogP contribution in [0.25, 0.3) is 0 Å². The minimum atomic E-state index is 0.257. The summed E-state index contributed by atoms with van der Waals surface area (Å²) >= 11 is 6.79. The molecule has 0 fully saturated rings. The molecule has 2 rings (SSSR count). The summed E-state index contributed by atoms with van der Waals surface area (Å²) in [7, 11) is 1.59. The van der Waals surface area contributed by atoms with E-state index in [1.807, 2.05) is 25.1 Å². The molecule has 0 saturated carbocycles. The van der Waals surface area contributed by atoms with E-state index in [4.69, 9.17) is 21.1 Å². The van der Waals surface area contributed by atoms with Gasteiger partial charge in [-0.15, -0.1) is 4.37 Å². The van der Waals surface area contributed by atoms with Crippen LogP contribution in [0.15, 0.2) is 18.2 Å². The predicted octanol–water partition coefficient (Wildman–Crippen LogP) is 3.30. The first-order valence-corrected chi connectivity index (χ1v) is 5.62. The summed E-state index contributed by atoms with van der Waals surface area (Å²) in [5, 5.41) is 0.257. The molecular formula is C10H9ClN2O2S. The molecule has 1 aromatic carbocycles. The SMILES string of the molecule is COc1cc(C)ccc1Oc1nsnc1Cl. The zero-order valence-electron chi connectivity index (χ0n) is 8.73. The third-order valence-corrected chi connectivity index (χ3v) is 2.81. The summed E-state index contributed by atoms with van der Waals surface area (Å²) < 4.78 is 18.5. The van der Waals surface area contributed by atoms with Crippen molar-refractivity contribution >= 4 is 23.3 Å². The van der Waals surface area contributed by atoms with Crippen molar-refractivity contribution in [1.82, 2.24) is 8.75 Å². The van der Waals surface area contributed by atoms with Crippen molar-refractivity contribution in [3.8, 4) is 17.4 Å². The molecular weight excluding hydrogens is 248 g/mol. The van der Waals surface area contributed by atoms with E-state index in [1.165, 1.54) is 0 Å². The molecule has 0 aliphatic rings. The molecule has 0 atom stereocenters. The molecule has 0 amide bonds. The number of aryl methyl sites for hydroxylation is 1. The highest BCUT2D eigenvalue weighted by Gasteiger charge is 2.11. The highest BCUT2D eigenvalue weighted by Crippen LogP contribution is 2.34. The first-order chi connectivity index (χ1) is 7.70. The lowest BCUT2D eigenvalue weighted by atomic mass is 10.2.